The first-order valence-corrected chi connectivity index (χ1v) is 5.36. The van der Waals surface area contributed by atoms with E-state index in [4.69, 9.17) is 16.6 Å². The number of amides is 2. The maximum absolute atomic E-state index is 11.8. The Balaban J connectivity index is 2.63. The number of rotatable bonds is 6. The number of carboxylic acids is 1. The first-order chi connectivity index (χ1) is 7.75. The number of nitrogens with one attached hydrogen (secondary N) is 1. The SMILES string of the molecule is CC(N)(C(=O)N[C@@H](CC(N)=O)C(=O)O)C1CC1. The van der Waals surface area contributed by atoms with E-state index in [2.05, 4.69) is 5.32 Å². The summed E-state index contributed by atoms with van der Waals surface area (Å²) >= 11 is 0. The van der Waals surface area contributed by atoms with E-state index in [1.54, 1.807) is 6.92 Å². The average molecular weight is 243 g/mol. The molecule has 0 aromatic heterocycles. The lowest BCUT2D eigenvalue weighted by molar-refractivity contribution is -0.144. The number of primary amides is 1. The fourth-order valence-electron chi connectivity index (χ4n) is 1.58. The molecule has 0 aromatic carbocycles. The second kappa shape index (κ2) is 4.70. The molecular formula is C10H17N3O4. The van der Waals surface area contributed by atoms with Crippen molar-refractivity contribution in [1.82, 2.24) is 5.32 Å². The van der Waals surface area contributed by atoms with Crippen LogP contribution in [0.3, 0.4) is 0 Å². The van der Waals surface area contributed by atoms with Crippen LogP contribution < -0.4 is 16.8 Å². The van der Waals surface area contributed by atoms with Crippen molar-refractivity contribution in [1.29, 1.82) is 0 Å². The summed E-state index contributed by atoms with van der Waals surface area (Å²) < 4.78 is 0. The number of hydrogen-bond donors (Lipinski definition) is 4. The zero-order chi connectivity index (χ0) is 13.2. The van der Waals surface area contributed by atoms with E-state index < -0.39 is 35.8 Å². The standard InChI is InChI=1S/C10H17N3O4/c1-10(12,5-2-3-5)9(17)13-6(8(15)16)4-7(11)14/h5-6H,2-4,12H2,1H3,(H2,11,14)(H,13,17)(H,15,16)/t6-,10?/m0/s1. The number of carbonyl (C=O) groups excluding carboxylic acids is 2. The highest BCUT2D eigenvalue weighted by atomic mass is 16.4. The lowest BCUT2D eigenvalue weighted by atomic mass is 9.95. The van der Waals surface area contributed by atoms with Gasteiger partial charge in [-0.05, 0) is 25.7 Å². The Kier molecular flexibility index (Phi) is 3.72. The number of carboxylic acid groups (broad SMARTS) is 1. The van der Waals surface area contributed by atoms with Gasteiger partial charge >= 0.3 is 5.97 Å². The van der Waals surface area contributed by atoms with Crippen molar-refractivity contribution in [2.45, 2.75) is 37.8 Å². The maximum atomic E-state index is 11.8. The number of aliphatic carboxylic acids is 1. The molecule has 0 spiro atoms. The largest absolute Gasteiger partial charge is 0.480 e. The second-order valence-electron chi connectivity index (χ2n) is 4.59. The van der Waals surface area contributed by atoms with Crippen LogP contribution in [-0.4, -0.2) is 34.5 Å². The molecular weight excluding hydrogens is 226 g/mol. The molecule has 1 fully saturated rings. The summed E-state index contributed by atoms with van der Waals surface area (Å²) in [7, 11) is 0. The first-order valence-electron chi connectivity index (χ1n) is 5.36. The van der Waals surface area contributed by atoms with Gasteiger partial charge in [0, 0.05) is 0 Å². The van der Waals surface area contributed by atoms with Crippen LogP contribution in [0.4, 0.5) is 0 Å². The van der Waals surface area contributed by atoms with Crippen molar-refractivity contribution >= 4 is 17.8 Å². The van der Waals surface area contributed by atoms with E-state index in [0.717, 1.165) is 12.8 Å². The van der Waals surface area contributed by atoms with Crippen LogP contribution in [-0.2, 0) is 14.4 Å². The molecule has 17 heavy (non-hydrogen) atoms. The van der Waals surface area contributed by atoms with Crippen molar-refractivity contribution in [3.05, 3.63) is 0 Å². The summed E-state index contributed by atoms with van der Waals surface area (Å²) in [4.78, 5) is 33.3. The molecule has 0 bridgehead atoms. The van der Waals surface area contributed by atoms with Crippen molar-refractivity contribution in [2.75, 3.05) is 0 Å². The van der Waals surface area contributed by atoms with Crippen molar-refractivity contribution in [3.8, 4) is 0 Å². The molecule has 7 heteroatoms. The molecule has 1 unspecified atom stereocenters. The third-order valence-corrected chi connectivity index (χ3v) is 2.92. The van der Waals surface area contributed by atoms with E-state index in [1.807, 2.05) is 0 Å². The molecule has 0 saturated heterocycles. The molecule has 7 nitrogen and oxygen atoms in total. The minimum atomic E-state index is -1.32. The Morgan fingerprint density at radius 2 is 2.00 bits per heavy atom. The molecule has 1 aliphatic carbocycles. The third kappa shape index (κ3) is 3.42. The van der Waals surface area contributed by atoms with Crippen LogP contribution in [0.25, 0.3) is 0 Å². The van der Waals surface area contributed by atoms with Crippen molar-refractivity contribution < 1.29 is 19.5 Å². The van der Waals surface area contributed by atoms with Gasteiger partial charge in [0.2, 0.25) is 11.8 Å². The van der Waals surface area contributed by atoms with Crippen LogP contribution in [0.15, 0.2) is 0 Å². The Bertz CT molecular complexity index is 349. The van der Waals surface area contributed by atoms with Gasteiger partial charge in [-0.25, -0.2) is 4.79 Å². The Labute approximate surface area is 98.5 Å². The monoisotopic (exact) mass is 243 g/mol. The Morgan fingerprint density at radius 1 is 1.47 bits per heavy atom. The van der Waals surface area contributed by atoms with Gasteiger partial charge in [-0.1, -0.05) is 0 Å². The Hall–Kier alpha value is -1.63. The molecule has 0 radical (unpaired) electrons. The van der Waals surface area contributed by atoms with Gasteiger partial charge in [-0.15, -0.1) is 0 Å². The molecule has 96 valence electrons. The molecule has 2 amide bonds. The molecule has 0 aromatic rings. The molecule has 2 atom stereocenters. The quantitative estimate of drug-likeness (QED) is 0.453. The lowest BCUT2D eigenvalue weighted by Gasteiger charge is -2.25. The van der Waals surface area contributed by atoms with E-state index in [1.165, 1.54) is 0 Å². The summed E-state index contributed by atoms with van der Waals surface area (Å²) in [6, 6.07) is -1.32. The van der Waals surface area contributed by atoms with Gasteiger partial charge in [0.25, 0.3) is 0 Å². The highest BCUT2D eigenvalue weighted by molar-refractivity contribution is 5.92. The smallest absolute Gasteiger partial charge is 0.326 e. The van der Waals surface area contributed by atoms with Gasteiger partial charge in [-0.2, -0.15) is 0 Å². The highest BCUT2D eigenvalue weighted by Crippen LogP contribution is 2.38. The first kappa shape index (κ1) is 13.4. The topological polar surface area (TPSA) is 136 Å². The van der Waals surface area contributed by atoms with E-state index in [0.29, 0.717) is 0 Å². The number of carbonyl (C=O) groups is 3. The van der Waals surface area contributed by atoms with Crippen LogP contribution in [0.2, 0.25) is 0 Å². The molecule has 1 aliphatic rings. The second-order valence-corrected chi connectivity index (χ2v) is 4.59. The summed E-state index contributed by atoms with van der Waals surface area (Å²) in [6.45, 7) is 1.56. The average Bonchev–Trinajstić information content (AvgIpc) is 2.98. The summed E-state index contributed by atoms with van der Waals surface area (Å²) in [5, 5.41) is 11.1. The van der Waals surface area contributed by atoms with Crippen LogP contribution >= 0.6 is 0 Å². The van der Waals surface area contributed by atoms with Gasteiger partial charge in [0.05, 0.1) is 12.0 Å². The number of nitrogens with two attached hydrogens (primary N) is 2. The van der Waals surface area contributed by atoms with Gasteiger partial charge in [0.15, 0.2) is 0 Å². The highest BCUT2D eigenvalue weighted by Gasteiger charge is 2.45. The number of hydrogen-bond acceptors (Lipinski definition) is 4. The minimum Gasteiger partial charge on any atom is -0.480 e. The summed E-state index contributed by atoms with van der Waals surface area (Å²) in [5.74, 6) is -2.58. The van der Waals surface area contributed by atoms with Crippen molar-refractivity contribution in [3.63, 3.8) is 0 Å². The molecule has 1 rings (SSSR count). The fraction of sp³-hybridized carbons (Fsp3) is 0.700. The van der Waals surface area contributed by atoms with Crippen LogP contribution in [0, 0.1) is 5.92 Å². The van der Waals surface area contributed by atoms with Crippen molar-refractivity contribution in [2.24, 2.45) is 17.4 Å². The normalized spacial score (nSPS) is 20.1. The molecule has 6 N–H and O–H groups in total. The van der Waals surface area contributed by atoms with Crippen LogP contribution in [0.1, 0.15) is 26.2 Å². The predicted octanol–water partition coefficient (Wildman–Crippen LogP) is -1.44. The fourth-order valence-corrected chi connectivity index (χ4v) is 1.58. The summed E-state index contributed by atoms with van der Waals surface area (Å²) in [6.07, 6.45) is 1.27. The third-order valence-electron chi connectivity index (χ3n) is 2.92. The van der Waals surface area contributed by atoms with Gasteiger partial charge < -0.3 is 21.9 Å². The summed E-state index contributed by atoms with van der Waals surface area (Å²) in [5.41, 5.74) is 9.63. The van der Waals surface area contributed by atoms with E-state index in [9.17, 15) is 14.4 Å². The van der Waals surface area contributed by atoms with Crippen LogP contribution in [0.5, 0.6) is 0 Å². The molecule has 0 heterocycles. The predicted molar refractivity (Wildman–Crippen MR) is 58.7 cm³/mol. The minimum absolute atomic E-state index is 0.0746. The van der Waals surface area contributed by atoms with Gasteiger partial charge in [0.1, 0.15) is 6.04 Å². The van der Waals surface area contributed by atoms with E-state index in [-0.39, 0.29) is 5.92 Å². The van der Waals surface area contributed by atoms with Gasteiger partial charge in [-0.3, -0.25) is 9.59 Å². The molecule has 0 aliphatic heterocycles. The molecule has 1 saturated carbocycles. The van der Waals surface area contributed by atoms with E-state index >= 15 is 0 Å². The zero-order valence-corrected chi connectivity index (χ0v) is 9.60. The lowest BCUT2D eigenvalue weighted by Crippen LogP contribution is -2.57. The Morgan fingerprint density at radius 3 is 2.35 bits per heavy atom. The zero-order valence-electron chi connectivity index (χ0n) is 9.60. The maximum Gasteiger partial charge on any atom is 0.326 e.